The molecule has 2 saturated heterocycles. The van der Waals surface area contributed by atoms with Crippen LogP contribution in [0.4, 0.5) is 5.00 Å². The van der Waals surface area contributed by atoms with Gasteiger partial charge < -0.3 is 10.0 Å². The van der Waals surface area contributed by atoms with Crippen LogP contribution in [-0.2, 0) is 4.79 Å². The van der Waals surface area contributed by atoms with Crippen molar-refractivity contribution >= 4 is 22.2 Å². The lowest BCUT2D eigenvalue weighted by Crippen LogP contribution is -2.40. The Kier molecular flexibility index (Phi) is 3.74. The van der Waals surface area contributed by atoms with Crippen LogP contribution in [0.2, 0.25) is 0 Å². The van der Waals surface area contributed by atoms with E-state index in [0.717, 1.165) is 30.9 Å². The number of rotatable bonds is 3. The molecule has 20 heavy (non-hydrogen) atoms. The minimum Gasteiger partial charge on any atom is -0.396 e. The molecule has 2 aliphatic rings. The fourth-order valence-electron chi connectivity index (χ4n) is 3.10. The molecule has 0 aliphatic carbocycles. The van der Waals surface area contributed by atoms with Crippen LogP contribution in [0.5, 0.6) is 0 Å². The molecule has 1 N–H and O–H groups in total. The second-order valence-corrected chi connectivity index (χ2v) is 6.27. The summed E-state index contributed by atoms with van der Waals surface area (Å²) in [5.41, 5.74) is 0.582. The zero-order valence-corrected chi connectivity index (χ0v) is 12.0. The molecule has 2 atom stereocenters. The molecule has 106 valence electrons. The highest BCUT2D eigenvalue weighted by Crippen LogP contribution is 2.33. The third kappa shape index (κ3) is 2.22. The van der Waals surface area contributed by atoms with Gasteiger partial charge >= 0.3 is 0 Å². The lowest BCUT2D eigenvalue weighted by molar-refractivity contribution is -0.121. The first-order valence-electron chi connectivity index (χ1n) is 6.88. The number of aliphatic hydroxyl groups is 1. The van der Waals surface area contributed by atoms with Gasteiger partial charge in [-0.25, -0.2) is 0 Å². The molecule has 1 aromatic heterocycles. The fourth-order valence-corrected chi connectivity index (χ4v) is 3.98. The molecule has 0 spiro atoms. The van der Waals surface area contributed by atoms with E-state index in [0.29, 0.717) is 18.0 Å². The summed E-state index contributed by atoms with van der Waals surface area (Å²) in [7, 11) is 0. The predicted molar refractivity (Wildman–Crippen MR) is 76.6 cm³/mol. The van der Waals surface area contributed by atoms with Gasteiger partial charge in [-0.2, -0.15) is 5.26 Å². The number of carbonyl (C=O) groups excluding carboxylic acids is 1. The molecule has 2 unspecified atom stereocenters. The number of nitriles is 1. The summed E-state index contributed by atoms with van der Waals surface area (Å²) < 4.78 is 0. The minimum absolute atomic E-state index is 0.0832. The molecular weight excluding hydrogens is 274 g/mol. The van der Waals surface area contributed by atoms with Gasteiger partial charge in [0.25, 0.3) is 0 Å². The number of hydrogen-bond acceptors (Lipinski definition) is 5. The van der Waals surface area contributed by atoms with E-state index in [-0.39, 0.29) is 18.6 Å². The quantitative estimate of drug-likeness (QED) is 0.903. The second kappa shape index (κ2) is 5.52. The van der Waals surface area contributed by atoms with E-state index in [1.54, 1.807) is 11.0 Å². The first-order valence-corrected chi connectivity index (χ1v) is 7.76. The summed E-state index contributed by atoms with van der Waals surface area (Å²) in [6.45, 7) is 2.56. The van der Waals surface area contributed by atoms with E-state index in [1.807, 2.05) is 5.38 Å². The van der Waals surface area contributed by atoms with Crippen LogP contribution >= 0.6 is 11.3 Å². The van der Waals surface area contributed by atoms with Crippen molar-refractivity contribution in [2.45, 2.75) is 18.9 Å². The molecule has 1 aromatic rings. The van der Waals surface area contributed by atoms with Gasteiger partial charge in [-0.15, -0.1) is 11.3 Å². The normalized spacial score (nSPS) is 27.2. The first kappa shape index (κ1) is 13.6. The van der Waals surface area contributed by atoms with Gasteiger partial charge in [0.05, 0.1) is 11.6 Å². The summed E-state index contributed by atoms with van der Waals surface area (Å²) in [5.74, 6) is 0.399. The number of aliphatic hydroxyl groups excluding tert-OH is 1. The van der Waals surface area contributed by atoms with Crippen LogP contribution in [0.1, 0.15) is 18.4 Å². The zero-order chi connectivity index (χ0) is 14.1. The lowest BCUT2D eigenvalue weighted by Gasteiger charge is -2.22. The topological polar surface area (TPSA) is 67.6 Å². The standard InChI is InChI=1S/C14H17N3O2S/c15-7-11-3-6-20-14(11)17-5-2-12(13(17)19)16-4-1-10(8-16)9-18/h3,6,10,12,18H,1-2,4-5,8-9H2. The molecule has 3 heterocycles. The first-order chi connectivity index (χ1) is 9.74. The molecule has 2 aliphatic heterocycles. The van der Waals surface area contributed by atoms with Crippen LogP contribution in [0.3, 0.4) is 0 Å². The summed E-state index contributed by atoms with van der Waals surface area (Å²) in [6.07, 6.45) is 1.77. The highest BCUT2D eigenvalue weighted by molar-refractivity contribution is 7.14. The van der Waals surface area contributed by atoms with Crippen LogP contribution < -0.4 is 4.90 Å². The number of anilines is 1. The van der Waals surface area contributed by atoms with Crippen LogP contribution in [0.15, 0.2) is 11.4 Å². The Hall–Kier alpha value is -1.42. The molecule has 0 aromatic carbocycles. The number of amides is 1. The molecule has 2 fully saturated rings. The molecule has 1 amide bonds. The number of likely N-dealkylation sites (tertiary alicyclic amines) is 1. The average Bonchev–Trinajstić information content (AvgIpc) is 3.16. The zero-order valence-electron chi connectivity index (χ0n) is 11.2. The summed E-state index contributed by atoms with van der Waals surface area (Å²) >= 11 is 1.45. The molecule has 3 rings (SSSR count). The predicted octanol–water partition coefficient (Wildman–Crippen LogP) is 1.04. The van der Waals surface area contributed by atoms with Crippen molar-refractivity contribution < 1.29 is 9.90 Å². The Morgan fingerprint density at radius 3 is 3.00 bits per heavy atom. The van der Waals surface area contributed by atoms with Gasteiger partial charge in [0.15, 0.2) is 0 Å². The van der Waals surface area contributed by atoms with Crippen molar-refractivity contribution in [3.8, 4) is 6.07 Å². The third-order valence-corrected chi connectivity index (χ3v) is 5.14. The van der Waals surface area contributed by atoms with Gasteiger partial charge in [-0.1, -0.05) is 0 Å². The highest BCUT2D eigenvalue weighted by Gasteiger charge is 2.40. The Labute approximate surface area is 122 Å². The largest absolute Gasteiger partial charge is 0.396 e. The van der Waals surface area contributed by atoms with Gasteiger partial charge in [-0.3, -0.25) is 9.69 Å². The number of hydrogen-bond donors (Lipinski definition) is 1. The van der Waals surface area contributed by atoms with E-state index >= 15 is 0 Å². The second-order valence-electron chi connectivity index (χ2n) is 5.38. The Morgan fingerprint density at radius 2 is 2.30 bits per heavy atom. The number of nitrogens with zero attached hydrogens (tertiary/aromatic N) is 3. The van der Waals surface area contributed by atoms with Crippen molar-refractivity contribution in [2.24, 2.45) is 5.92 Å². The van der Waals surface area contributed by atoms with Crippen molar-refractivity contribution in [2.75, 3.05) is 31.1 Å². The maximum atomic E-state index is 12.6. The summed E-state index contributed by atoms with van der Waals surface area (Å²) in [6, 6.07) is 3.82. The third-order valence-electron chi connectivity index (χ3n) is 4.20. The van der Waals surface area contributed by atoms with Crippen molar-refractivity contribution in [3.05, 3.63) is 17.0 Å². The monoisotopic (exact) mass is 291 g/mol. The molecule has 6 heteroatoms. The lowest BCUT2D eigenvalue weighted by atomic mass is 10.1. The molecule has 5 nitrogen and oxygen atoms in total. The van der Waals surface area contributed by atoms with Crippen LogP contribution in [0.25, 0.3) is 0 Å². The SMILES string of the molecule is N#Cc1ccsc1N1CCC(N2CCC(CO)C2)C1=O. The van der Waals surface area contributed by atoms with Crippen molar-refractivity contribution in [1.82, 2.24) is 4.90 Å². The maximum Gasteiger partial charge on any atom is 0.245 e. The van der Waals surface area contributed by atoms with Gasteiger partial charge in [0.2, 0.25) is 5.91 Å². The Bertz CT molecular complexity index is 551. The Morgan fingerprint density at radius 1 is 1.45 bits per heavy atom. The Balaban J connectivity index is 1.73. The average molecular weight is 291 g/mol. The van der Waals surface area contributed by atoms with E-state index in [2.05, 4.69) is 11.0 Å². The summed E-state index contributed by atoms with van der Waals surface area (Å²) in [5, 5.41) is 20.9. The number of thiophene rings is 1. The van der Waals surface area contributed by atoms with Crippen LogP contribution in [0, 0.1) is 17.2 Å². The number of carbonyl (C=O) groups is 1. The molecule has 0 radical (unpaired) electrons. The molecule has 0 saturated carbocycles. The smallest absolute Gasteiger partial charge is 0.245 e. The highest BCUT2D eigenvalue weighted by atomic mass is 32.1. The van der Waals surface area contributed by atoms with Crippen LogP contribution in [-0.4, -0.2) is 48.2 Å². The van der Waals surface area contributed by atoms with Crippen molar-refractivity contribution in [3.63, 3.8) is 0 Å². The fraction of sp³-hybridized carbons (Fsp3) is 0.571. The van der Waals surface area contributed by atoms with Gasteiger partial charge in [-0.05, 0) is 36.8 Å². The van der Waals surface area contributed by atoms with E-state index in [1.165, 1.54) is 11.3 Å². The summed E-state index contributed by atoms with van der Waals surface area (Å²) in [4.78, 5) is 16.5. The van der Waals surface area contributed by atoms with E-state index < -0.39 is 0 Å². The molecular formula is C14H17N3O2S. The van der Waals surface area contributed by atoms with E-state index in [9.17, 15) is 9.90 Å². The van der Waals surface area contributed by atoms with E-state index in [4.69, 9.17) is 5.26 Å². The van der Waals surface area contributed by atoms with Gasteiger partial charge in [0.1, 0.15) is 11.1 Å². The molecule has 0 bridgehead atoms. The van der Waals surface area contributed by atoms with Gasteiger partial charge in [0, 0.05) is 19.7 Å². The minimum atomic E-state index is -0.0832. The van der Waals surface area contributed by atoms with Crippen molar-refractivity contribution in [1.29, 1.82) is 5.26 Å². The maximum absolute atomic E-state index is 12.6.